The van der Waals surface area contributed by atoms with Gasteiger partial charge in [0, 0.05) is 58.4 Å². The molecule has 0 aliphatic carbocycles. The quantitative estimate of drug-likeness (QED) is 0.156. The van der Waals surface area contributed by atoms with Crippen LogP contribution in [0.15, 0.2) is 72.8 Å². The second-order valence-corrected chi connectivity index (χ2v) is 9.33. The number of phenolic OH excluding ortho intramolecular Hbond substituents is 6. The lowest BCUT2D eigenvalue weighted by atomic mass is 9.85. The largest absolute Gasteiger partial charge is 0.508 e. The molecule has 0 amide bonds. The zero-order chi connectivity index (χ0) is 28.6. The Kier molecular flexibility index (Phi) is 6.83. The van der Waals surface area contributed by atoms with Crippen LogP contribution in [0.3, 0.4) is 0 Å². The molecule has 2 aliphatic rings. The number of benzene rings is 4. The topological polar surface area (TPSA) is 174 Å². The van der Waals surface area contributed by atoms with Crippen LogP contribution in [0.25, 0.3) is 0 Å². The standard InChI is InChI=1S/2C15H12O5/c2*16-8-5-12(18)15-10(7-14(19)20-13(15)6-8)9-3-1-2-4-11(9)17/h2*1-6,10,16-18H,7H2/t2*10-/m10/s1. The molecule has 0 radical (unpaired) electrons. The fourth-order valence-corrected chi connectivity index (χ4v) is 5.03. The molecule has 4 aromatic rings. The SMILES string of the molecule is O=C1C[C@@H](c2ccccc2O)c2c(O)cc(O)cc2O1.O=C1C[C@H](c2ccccc2O)c2c(O)cc(O)cc2O1. The fraction of sp³-hybridized carbons (Fsp3) is 0.133. The lowest BCUT2D eigenvalue weighted by Crippen LogP contribution is -2.21. The lowest BCUT2D eigenvalue weighted by Gasteiger charge is -2.26. The van der Waals surface area contributed by atoms with Crippen molar-refractivity contribution in [1.82, 2.24) is 0 Å². The Labute approximate surface area is 227 Å². The number of rotatable bonds is 2. The molecule has 10 nitrogen and oxygen atoms in total. The molecule has 2 heterocycles. The van der Waals surface area contributed by atoms with E-state index in [0.717, 1.165) is 0 Å². The van der Waals surface area contributed by atoms with Crippen molar-refractivity contribution >= 4 is 11.9 Å². The van der Waals surface area contributed by atoms with Crippen molar-refractivity contribution in [2.24, 2.45) is 0 Å². The number of esters is 2. The fourth-order valence-electron chi connectivity index (χ4n) is 5.03. The minimum atomic E-state index is -0.506. The van der Waals surface area contributed by atoms with Crippen LogP contribution in [0.2, 0.25) is 0 Å². The van der Waals surface area contributed by atoms with Gasteiger partial charge in [-0.15, -0.1) is 0 Å². The van der Waals surface area contributed by atoms with Gasteiger partial charge in [-0.2, -0.15) is 0 Å². The van der Waals surface area contributed by atoms with Gasteiger partial charge >= 0.3 is 11.9 Å². The molecule has 40 heavy (non-hydrogen) atoms. The van der Waals surface area contributed by atoms with Gasteiger partial charge in [0.25, 0.3) is 0 Å². The van der Waals surface area contributed by atoms with Gasteiger partial charge in [-0.3, -0.25) is 9.59 Å². The van der Waals surface area contributed by atoms with Gasteiger partial charge < -0.3 is 40.1 Å². The van der Waals surface area contributed by atoms with Crippen LogP contribution in [0, 0.1) is 0 Å². The average Bonchev–Trinajstić information content (AvgIpc) is 2.88. The molecule has 0 unspecified atom stereocenters. The molecule has 204 valence electrons. The number of para-hydroxylation sites is 2. The van der Waals surface area contributed by atoms with Crippen LogP contribution in [0.1, 0.15) is 46.9 Å². The number of phenols is 6. The molecular weight excluding hydrogens is 520 g/mol. The Morgan fingerprint density at radius 2 is 0.900 bits per heavy atom. The van der Waals surface area contributed by atoms with Crippen LogP contribution in [-0.4, -0.2) is 42.6 Å². The molecule has 2 atom stereocenters. The van der Waals surface area contributed by atoms with E-state index in [1.54, 1.807) is 36.4 Å². The molecule has 0 bridgehead atoms. The van der Waals surface area contributed by atoms with E-state index < -0.39 is 23.8 Å². The predicted octanol–water partition coefficient (Wildman–Crippen LogP) is 4.49. The van der Waals surface area contributed by atoms with Gasteiger partial charge in [-0.05, 0) is 12.1 Å². The van der Waals surface area contributed by atoms with E-state index in [1.807, 2.05) is 0 Å². The highest BCUT2D eigenvalue weighted by Crippen LogP contribution is 2.48. The van der Waals surface area contributed by atoms with Gasteiger partial charge in [-0.1, -0.05) is 36.4 Å². The van der Waals surface area contributed by atoms with Gasteiger partial charge in [0.05, 0.1) is 12.8 Å². The maximum Gasteiger partial charge on any atom is 0.312 e. The number of hydrogen-bond acceptors (Lipinski definition) is 10. The highest BCUT2D eigenvalue weighted by molar-refractivity contribution is 5.80. The van der Waals surface area contributed by atoms with Crippen LogP contribution < -0.4 is 9.47 Å². The van der Waals surface area contributed by atoms with Crippen LogP contribution in [0.4, 0.5) is 0 Å². The third kappa shape index (κ3) is 5.02. The van der Waals surface area contributed by atoms with Crippen molar-refractivity contribution in [3.63, 3.8) is 0 Å². The summed E-state index contributed by atoms with van der Waals surface area (Å²) in [4.78, 5) is 23.4. The summed E-state index contributed by atoms with van der Waals surface area (Å²) in [6, 6.07) is 18.2. The maximum absolute atomic E-state index is 11.7. The summed E-state index contributed by atoms with van der Waals surface area (Å²) in [5.74, 6) is -2.34. The first-order valence-electron chi connectivity index (χ1n) is 12.2. The molecule has 0 saturated carbocycles. The minimum Gasteiger partial charge on any atom is -0.508 e. The van der Waals surface area contributed by atoms with Crippen molar-refractivity contribution in [3.8, 4) is 46.0 Å². The summed E-state index contributed by atoms with van der Waals surface area (Å²) in [5, 5.41) is 58.8. The normalized spacial score (nSPS) is 17.4. The molecule has 0 spiro atoms. The Morgan fingerprint density at radius 1 is 0.525 bits per heavy atom. The summed E-state index contributed by atoms with van der Waals surface area (Å²) >= 11 is 0. The maximum atomic E-state index is 11.7. The summed E-state index contributed by atoms with van der Waals surface area (Å²) in [6.07, 6.45) is 0.0335. The van der Waals surface area contributed by atoms with Crippen LogP contribution in [-0.2, 0) is 9.59 Å². The van der Waals surface area contributed by atoms with E-state index in [9.17, 15) is 40.2 Å². The molecule has 6 N–H and O–H groups in total. The highest BCUT2D eigenvalue weighted by atomic mass is 16.5. The first kappa shape index (κ1) is 26.2. The Hall–Kier alpha value is -5.38. The van der Waals surface area contributed by atoms with E-state index in [4.69, 9.17) is 9.47 Å². The molecule has 10 heteroatoms. The molecule has 0 saturated heterocycles. The number of carbonyl (C=O) groups is 2. The third-order valence-electron chi connectivity index (χ3n) is 6.72. The lowest BCUT2D eigenvalue weighted by molar-refractivity contribution is -0.136. The number of carbonyl (C=O) groups excluding carboxylic acids is 2. The average molecular weight is 545 g/mol. The van der Waals surface area contributed by atoms with Crippen molar-refractivity contribution < 1.29 is 49.7 Å². The highest BCUT2D eigenvalue weighted by Gasteiger charge is 2.34. The number of ether oxygens (including phenoxy) is 2. The van der Waals surface area contributed by atoms with Crippen molar-refractivity contribution in [3.05, 3.63) is 95.1 Å². The third-order valence-corrected chi connectivity index (χ3v) is 6.72. The first-order chi connectivity index (χ1) is 19.1. The molecule has 0 fully saturated rings. The molecule has 6 rings (SSSR count). The van der Waals surface area contributed by atoms with E-state index in [-0.39, 0.29) is 58.8 Å². The first-order valence-corrected chi connectivity index (χ1v) is 12.2. The second kappa shape index (κ2) is 10.4. The molecule has 0 aromatic heterocycles. The number of fused-ring (bicyclic) bond motifs is 2. The molecule has 2 aliphatic heterocycles. The zero-order valence-electron chi connectivity index (χ0n) is 20.8. The van der Waals surface area contributed by atoms with Gasteiger partial charge in [-0.25, -0.2) is 0 Å². The number of hydrogen-bond donors (Lipinski definition) is 6. The Balaban J connectivity index is 0.000000161. The summed E-state index contributed by atoms with van der Waals surface area (Å²) in [7, 11) is 0. The molecule has 4 aromatic carbocycles. The van der Waals surface area contributed by atoms with Gasteiger partial charge in [0.15, 0.2) is 0 Å². The predicted molar refractivity (Wildman–Crippen MR) is 140 cm³/mol. The van der Waals surface area contributed by atoms with Crippen LogP contribution in [0.5, 0.6) is 46.0 Å². The Morgan fingerprint density at radius 3 is 1.27 bits per heavy atom. The van der Waals surface area contributed by atoms with Gasteiger partial charge in [0.2, 0.25) is 0 Å². The van der Waals surface area contributed by atoms with E-state index in [0.29, 0.717) is 22.3 Å². The van der Waals surface area contributed by atoms with Crippen molar-refractivity contribution in [1.29, 1.82) is 0 Å². The minimum absolute atomic E-state index is 0.0168. The summed E-state index contributed by atoms with van der Waals surface area (Å²) in [6.45, 7) is 0. The van der Waals surface area contributed by atoms with Crippen molar-refractivity contribution in [2.45, 2.75) is 24.7 Å². The molecular formula is C30H24O10. The van der Waals surface area contributed by atoms with Crippen molar-refractivity contribution in [2.75, 3.05) is 0 Å². The van der Waals surface area contributed by atoms with E-state index in [1.165, 1.54) is 36.4 Å². The van der Waals surface area contributed by atoms with Gasteiger partial charge in [0.1, 0.15) is 46.0 Å². The second-order valence-electron chi connectivity index (χ2n) is 9.33. The smallest absolute Gasteiger partial charge is 0.312 e. The zero-order valence-corrected chi connectivity index (χ0v) is 20.8. The Bertz CT molecular complexity index is 1510. The number of aromatic hydroxyl groups is 6. The monoisotopic (exact) mass is 544 g/mol. The summed E-state index contributed by atoms with van der Waals surface area (Å²) in [5.41, 5.74) is 1.85. The van der Waals surface area contributed by atoms with E-state index in [2.05, 4.69) is 0 Å². The summed E-state index contributed by atoms with van der Waals surface area (Å²) < 4.78 is 10.1. The van der Waals surface area contributed by atoms with Crippen LogP contribution >= 0.6 is 0 Å². The van der Waals surface area contributed by atoms with E-state index >= 15 is 0 Å².